The summed E-state index contributed by atoms with van der Waals surface area (Å²) in [6.07, 6.45) is -1.30. The highest BCUT2D eigenvalue weighted by atomic mass is 16.3. The van der Waals surface area contributed by atoms with Gasteiger partial charge in [0, 0.05) is 28.3 Å². The van der Waals surface area contributed by atoms with Crippen LogP contribution in [0.2, 0.25) is 0 Å². The van der Waals surface area contributed by atoms with Gasteiger partial charge in [0.25, 0.3) is 0 Å². The third-order valence-corrected chi connectivity index (χ3v) is 7.52. The topological polar surface area (TPSA) is 184 Å². The Morgan fingerprint density at radius 3 is 2.39 bits per heavy atom. The van der Waals surface area contributed by atoms with Crippen molar-refractivity contribution in [1.29, 1.82) is 0 Å². The Bertz CT molecular complexity index is 1420. The van der Waals surface area contributed by atoms with E-state index in [1.54, 1.807) is 30.3 Å². The van der Waals surface area contributed by atoms with E-state index in [1.165, 1.54) is 6.07 Å². The van der Waals surface area contributed by atoms with Crippen molar-refractivity contribution < 1.29 is 34.8 Å². The Balaban J connectivity index is 1.61. The van der Waals surface area contributed by atoms with E-state index < -0.39 is 52.7 Å². The molecule has 3 aliphatic carbocycles. The number of ketones is 2. The van der Waals surface area contributed by atoms with Gasteiger partial charge >= 0.3 is 0 Å². The Morgan fingerprint density at radius 2 is 1.72 bits per heavy atom. The number of primary amides is 1. The first kappa shape index (κ1) is 23.6. The first-order valence-electron chi connectivity index (χ1n) is 11.5. The van der Waals surface area contributed by atoms with Gasteiger partial charge in [-0.1, -0.05) is 11.8 Å². The number of phenols is 1. The van der Waals surface area contributed by atoms with Crippen LogP contribution in [0.3, 0.4) is 0 Å². The number of amides is 1. The number of fused-ring (bicyclic) bond motifs is 3. The predicted molar refractivity (Wildman–Crippen MR) is 128 cm³/mol. The highest BCUT2D eigenvalue weighted by Gasteiger charge is 2.63. The van der Waals surface area contributed by atoms with Crippen LogP contribution in [0.25, 0.3) is 5.76 Å². The fraction of sp³-hybridized carbons (Fsp3) is 0.296. The maximum atomic E-state index is 13.5. The Kier molecular flexibility index (Phi) is 5.39. The Morgan fingerprint density at radius 1 is 1.03 bits per heavy atom. The van der Waals surface area contributed by atoms with Gasteiger partial charge in [-0.3, -0.25) is 14.4 Å². The van der Waals surface area contributed by atoms with Crippen molar-refractivity contribution in [2.45, 2.75) is 31.0 Å². The molecule has 0 radical (unpaired) electrons. The molecule has 2 fully saturated rings. The van der Waals surface area contributed by atoms with Crippen LogP contribution in [0, 0.1) is 29.6 Å². The second kappa shape index (κ2) is 8.22. The van der Waals surface area contributed by atoms with Crippen molar-refractivity contribution in [3.63, 3.8) is 0 Å². The van der Waals surface area contributed by atoms with Crippen LogP contribution >= 0.6 is 0 Å². The summed E-state index contributed by atoms with van der Waals surface area (Å²) in [6.45, 7) is 0. The molecule has 2 aromatic rings. The number of hydrogen-bond donors (Lipinski definition) is 6. The zero-order valence-electron chi connectivity index (χ0n) is 19.1. The fourth-order valence-corrected chi connectivity index (χ4v) is 5.75. The summed E-state index contributed by atoms with van der Waals surface area (Å²) < 4.78 is 0. The molecule has 3 aliphatic rings. The van der Waals surface area contributed by atoms with Crippen LogP contribution in [-0.2, 0) is 20.8 Å². The Labute approximate surface area is 206 Å². The summed E-state index contributed by atoms with van der Waals surface area (Å²) in [6, 6.07) is 9.91. The van der Waals surface area contributed by atoms with Crippen LogP contribution in [0.4, 0.5) is 5.69 Å². The lowest BCUT2D eigenvalue weighted by molar-refractivity contribution is -0.174. The molecule has 9 nitrogen and oxygen atoms in total. The van der Waals surface area contributed by atoms with Crippen LogP contribution < -0.4 is 11.5 Å². The summed E-state index contributed by atoms with van der Waals surface area (Å²) in [4.78, 5) is 38.3. The monoisotopic (exact) mass is 488 g/mol. The van der Waals surface area contributed by atoms with Gasteiger partial charge in [0.1, 0.15) is 17.4 Å². The number of Topliss-reactive ketones (excluding diaryl/α,β-unsaturated/α-hetero) is 2. The van der Waals surface area contributed by atoms with Crippen LogP contribution in [0.5, 0.6) is 5.75 Å². The summed E-state index contributed by atoms with van der Waals surface area (Å²) in [5, 5.41) is 43.3. The number of aromatic hydroxyl groups is 1. The largest absolute Gasteiger partial charge is 0.507 e. The van der Waals surface area contributed by atoms with E-state index >= 15 is 0 Å². The third-order valence-electron chi connectivity index (χ3n) is 7.52. The molecule has 184 valence electrons. The minimum atomic E-state index is -2.60. The van der Waals surface area contributed by atoms with Crippen molar-refractivity contribution in [2.75, 3.05) is 5.73 Å². The molecular formula is C27H24N2O7. The van der Waals surface area contributed by atoms with E-state index in [-0.39, 0.29) is 36.1 Å². The first-order chi connectivity index (χ1) is 17.0. The van der Waals surface area contributed by atoms with Gasteiger partial charge in [0.2, 0.25) is 11.7 Å². The second-order valence-electron chi connectivity index (χ2n) is 9.60. The van der Waals surface area contributed by atoms with Gasteiger partial charge in [-0.2, -0.15) is 0 Å². The van der Waals surface area contributed by atoms with Gasteiger partial charge in [0.05, 0.1) is 11.7 Å². The van der Waals surface area contributed by atoms with E-state index in [0.29, 0.717) is 22.4 Å². The SMILES string of the molecule is NC(=O)C1C(=O)[C@@]2(O)C(=O)C3=C(O)c4c(O)ccc(C#Cc5ccc(N)cc5)c4C[C@H]3C[C@H]2CC1O. The van der Waals surface area contributed by atoms with E-state index in [4.69, 9.17) is 11.5 Å². The van der Waals surface area contributed by atoms with Crippen LogP contribution in [-0.4, -0.2) is 49.6 Å². The summed E-state index contributed by atoms with van der Waals surface area (Å²) in [5.74, 6) is -1.39. The maximum Gasteiger partial charge on any atom is 0.230 e. The molecule has 2 unspecified atom stereocenters. The zero-order valence-corrected chi connectivity index (χ0v) is 19.1. The number of phenolic OH excluding ortho intramolecular Hbond substituents is 1. The number of benzene rings is 2. The minimum Gasteiger partial charge on any atom is -0.507 e. The minimum absolute atomic E-state index is 0.00972. The van der Waals surface area contributed by atoms with Gasteiger partial charge in [-0.05, 0) is 67.1 Å². The van der Waals surface area contributed by atoms with E-state index in [0.717, 1.165) is 0 Å². The number of aliphatic hydroxyl groups is 3. The summed E-state index contributed by atoms with van der Waals surface area (Å²) >= 11 is 0. The average Bonchev–Trinajstić information content (AvgIpc) is 2.81. The summed E-state index contributed by atoms with van der Waals surface area (Å²) in [7, 11) is 0. The number of carbonyl (C=O) groups excluding carboxylic acids is 3. The zero-order chi connectivity index (χ0) is 25.9. The van der Waals surface area contributed by atoms with Crippen molar-refractivity contribution in [1.82, 2.24) is 0 Å². The van der Waals surface area contributed by atoms with Crippen molar-refractivity contribution in [3.8, 4) is 17.6 Å². The molecule has 0 aliphatic heterocycles. The molecule has 0 spiro atoms. The molecule has 2 aromatic carbocycles. The third kappa shape index (κ3) is 3.38. The molecule has 0 heterocycles. The lowest BCUT2D eigenvalue weighted by atomic mass is 9.56. The summed E-state index contributed by atoms with van der Waals surface area (Å²) in [5.41, 5.74) is 10.6. The van der Waals surface area contributed by atoms with E-state index in [9.17, 15) is 34.8 Å². The van der Waals surface area contributed by atoms with Crippen molar-refractivity contribution in [3.05, 3.63) is 64.2 Å². The van der Waals surface area contributed by atoms with E-state index in [1.807, 2.05) is 0 Å². The lowest BCUT2D eigenvalue weighted by Gasteiger charge is -2.48. The van der Waals surface area contributed by atoms with Gasteiger partial charge in [-0.25, -0.2) is 0 Å². The normalized spacial score (nSPS) is 28.9. The number of nitrogen functional groups attached to an aromatic ring is 1. The van der Waals surface area contributed by atoms with Crippen LogP contribution in [0.15, 0.2) is 42.0 Å². The van der Waals surface area contributed by atoms with Crippen molar-refractivity contribution >= 4 is 28.9 Å². The molecule has 36 heavy (non-hydrogen) atoms. The second-order valence-corrected chi connectivity index (χ2v) is 9.60. The fourth-order valence-electron chi connectivity index (χ4n) is 5.75. The molecule has 2 saturated carbocycles. The molecular weight excluding hydrogens is 464 g/mol. The molecule has 0 bridgehead atoms. The number of rotatable bonds is 1. The molecule has 1 amide bonds. The first-order valence-corrected chi connectivity index (χ1v) is 11.5. The average molecular weight is 488 g/mol. The number of carbonyl (C=O) groups is 3. The smallest absolute Gasteiger partial charge is 0.230 e. The van der Waals surface area contributed by atoms with Gasteiger partial charge < -0.3 is 31.9 Å². The molecule has 5 rings (SSSR count). The van der Waals surface area contributed by atoms with Crippen LogP contribution in [0.1, 0.15) is 35.1 Å². The Hall–Kier alpha value is -4.13. The highest BCUT2D eigenvalue weighted by Crippen LogP contribution is 2.51. The van der Waals surface area contributed by atoms with Crippen molar-refractivity contribution in [2.24, 2.45) is 23.5 Å². The molecule has 5 atom stereocenters. The number of hydrogen-bond acceptors (Lipinski definition) is 8. The standard InChI is InChI=1S/C27H24N2O7/c28-16-6-2-12(3-7-16)1-4-13-5-8-18(30)21-17(13)10-14-9-15-11-19(31)22(26(29)35)25(34)27(15,36)24(33)20(14)23(21)32/h2-3,5-8,14-15,19,22,30-32,36H,9-11,28H2,(H2,29,35)/t14-,15+,19?,22?,27+/m1/s1. The molecule has 0 aromatic heterocycles. The number of aliphatic hydroxyl groups excluding tert-OH is 2. The lowest BCUT2D eigenvalue weighted by Crippen LogP contribution is -2.66. The van der Waals surface area contributed by atoms with Gasteiger partial charge in [-0.15, -0.1) is 0 Å². The van der Waals surface area contributed by atoms with Gasteiger partial charge in [0.15, 0.2) is 11.4 Å². The predicted octanol–water partition coefficient (Wildman–Crippen LogP) is 0.571. The molecule has 8 N–H and O–H groups in total. The maximum absolute atomic E-state index is 13.5. The molecule has 0 saturated heterocycles. The quantitative estimate of drug-likeness (QED) is 0.191. The highest BCUT2D eigenvalue weighted by molar-refractivity contribution is 6.24. The number of nitrogens with two attached hydrogens (primary N) is 2. The number of anilines is 1. The van der Waals surface area contributed by atoms with E-state index in [2.05, 4.69) is 11.8 Å². The molecule has 9 heteroatoms.